The second-order valence-corrected chi connectivity index (χ2v) is 9.17. The molecule has 4 aromatic carbocycles. The van der Waals surface area contributed by atoms with Crippen molar-refractivity contribution in [3.63, 3.8) is 0 Å². The first-order chi connectivity index (χ1) is 14.6. The van der Waals surface area contributed by atoms with E-state index in [2.05, 4.69) is 86.4 Å². The molecule has 0 atom stereocenters. The Labute approximate surface area is 178 Å². The normalized spacial score (nSPS) is 11.8. The number of aryl methyl sites for hydroxylation is 3. The predicted molar refractivity (Wildman–Crippen MR) is 130 cm³/mol. The summed E-state index contributed by atoms with van der Waals surface area (Å²) in [6.45, 7) is 6.56. The van der Waals surface area contributed by atoms with Gasteiger partial charge in [0.2, 0.25) is 0 Å². The molecule has 0 aliphatic rings. The molecule has 0 aliphatic heterocycles. The first-order valence-electron chi connectivity index (χ1n) is 10.2. The van der Waals surface area contributed by atoms with Gasteiger partial charge in [-0.15, -0.1) is 11.3 Å². The smallest absolute Gasteiger partial charge is 0.128 e. The molecule has 6 aromatic rings. The summed E-state index contributed by atoms with van der Waals surface area (Å²) in [5, 5.41) is 7.56. The third-order valence-corrected chi connectivity index (χ3v) is 7.08. The minimum atomic E-state index is 1.02. The van der Waals surface area contributed by atoms with Crippen LogP contribution in [0.3, 0.4) is 0 Å². The van der Waals surface area contributed by atoms with Crippen molar-refractivity contribution in [2.24, 2.45) is 0 Å². The van der Waals surface area contributed by atoms with Crippen LogP contribution in [0.1, 0.15) is 16.7 Å². The number of thiophene rings is 1. The van der Waals surface area contributed by atoms with Gasteiger partial charge in [-0.05, 0) is 71.6 Å². The third kappa shape index (κ3) is 2.49. The van der Waals surface area contributed by atoms with Crippen LogP contribution in [0.15, 0.2) is 67.0 Å². The molecule has 0 unspecified atom stereocenters. The molecule has 0 saturated heterocycles. The predicted octanol–water partition coefficient (Wildman–Crippen LogP) is 7.74. The van der Waals surface area contributed by atoms with Crippen LogP contribution in [0.4, 0.5) is 0 Å². The molecular formula is C27H20N2S. The average Bonchev–Trinajstić information content (AvgIpc) is 3.12. The first-order valence-corrected chi connectivity index (χ1v) is 11.0. The quantitative estimate of drug-likeness (QED) is 0.280. The molecule has 6 rings (SSSR count). The van der Waals surface area contributed by atoms with E-state index in [1.165, 1.54) is 48.3 Å². The van der Waals surface area contributed by atoms with Crippen LogP contribution < -0.4 is 0 Å². The third-order valence-electron chi connectivity index (χ3n) is 6.02. The van der Waals surface area contributed by atoms with Gasteiger partial charge >= 0.3 is 0 Å². The molecule has 30 heavy (non-hydrogen) atoms. The van der Waals surface area contributed by atoms with Gasteiger partial charge in [0.1, 0.15) is 11.2 Å². The SMILES string of the molecule is Cc1cc(C)c2c(C)cc(-c3ncnc4sc5ccc6ccccc6c5c34)cc2c1. The fourth-order valence-electron chi connectivity index (χ4n) is 4.89. The van der Waals surface area contributed by atoms with Crippen LogP contribution >= 0.6 is 11.3 Å². The molecule has 0 aliphatic carbocycles. The minimum Gasteiger partial charge on any atom is -0.236 e. The Morgan fingerprint density at radius 3 is 2.43 bits per heavy atom. The molecular weight excluding hydrogens is 384 g/mol. The first kappa shape index (κ1) is 17.5. The van der Waals surface area contributed by atoms with E-state index in [9.17, 15) is 0 Å². The molecule has 0 radical (unpaired) electrons. The fraction of sp³-hybridized carbons (Fsp3) is 0.111. The lowest BCUT2D eigenvalue weighted by molar-refractivity contribution is 1.24. The van der Waals surface area contributed by atoms with Crippen molar-refractivity contribution in [3.05, 3.63) is 83.7 Å². The van der Waals surface area contributed by atoms with E-state index in [-0.39, 0.29) is 0 Å². The number of rotatable bonds is 1. The van der Waals surface area contributed by atoms with Crippen LogP contribution in [-0.4, -0.2) is 9.97 Å². The summed E-state index contributed by atoms with van der Waals surface area (Å²) in [6, 6.07) is 22.1. The Bertz CT molecular complexity index is 1630. The van der Waals surface area contributed by atoms with Crippen LogP contribution in [0.2, 0.25) is 0 Å². The van der Waals surface area contributed by atoms with Gasteiger partial charge in [-0.25, -0.2) is 9.97 Å². The van der Waals surface area contributed by atoms with E-state index < -0.39 is 0 Å². The second-order valence-electron chi connectivity index (χ2n) is 8.14. The standard InChI is InChI=1S/C27H20N2S/c1-15-10-16(2)23-17(3)12-20(13-19(23)11-15)26-25-24-21-7-5-4-6-18(21)8-9-22(24)30-27(25)29-14-28-26/h4-14H,1-3H3. The molecule has 0 saturated carbocycles. The zero-order valence-corrected chi connectivity index (χ0v) is 18.0. The monoisotopic (exact) mass is 404 g/mol. The largest absolute Gasteiger partial charge is 0.236 e. The highest BCUT2D eigenvalue weighted by Gasteiger charge is 2.16. The molecule has 0 spiro atoms. The summed E-state index contributed by atoms with van der Waals surface area (Å²) in [5.41, 5.74) is 6.08. The molecule has 2 heterocycles. The Kier molecular flexibility index (Phi) is 3.71. The average molecular weight is 405 g/mol. The topological polar surface area (TPSA) is 25.8 Å². The zero-order valence-electron chi connectivity index (χ0n) is 17.2. The molecule has 2 nitrogen and oxygen atoms in total. The molecule has 0 fully saturated rings. The van der Waals surface area contributed by atoms with E-state index in [0.29, 0.717) is 0 Å². The van der Waals surface area contributed by atoms with Gasteiger partial charge in [-0.3, -0.25) is 0 Å². The minimum absolute atomic E-state index is 1.02. The van der Waals surface area contributed by atoms with Crippen molar-refractivity contribution in [1.29, 1.82) is 0 Å². The van der Waals surface area contributed by atoms with Crippen LogP contribution in [-0.2, 0) is 0 Å². The van der Waals surface area contributed by atoms with Crippen LogP contribution in [0.5, 0.6) is 0 Å². The molecule has 144 valence electrons. The van der Waals surface area contributed by atoms with Crippen LogP contribution in [0, 0.1) is 20.8 Å². The Hall–Kier alpha value is -3.30. The highest BCUT2D eigenvalue weighted by molar-refractivity contribution is 7.25. The second kappa shape index (κ2) is 6.35. The van der Waals surface area contributed by atoms with Gasteiger partial charge in [-0.1, -0.05) is 48.0 Å². The lowest BCUT2D eigenvalue weighted by atomic mass is 9.94. The van der Waals surface area contributed by atoms with E-state index in [1.807, 2.05) is 0 Å². The van der Waals surface area contributed by atoms with E-state index in [0.717, 1.165) is 21.5 Å². The maximum absolute atomic E-state index is 4.79. The summed E-state index contributed by atoms with van der Waals surface area (Å²) in [4.78, 5) is 10.5. The van der Waals surface area contributed by atoms with Crippen molar-refractivity contribution in [2.75, 3.05) is 0 Å². The summed E-state index contributed by atoms with van der Waals surface area (Å²) in [7, 11) is 0. The molecule has 0 amide bonds. The van der Waals surface area contributed by atoms with Crippen molar-refractivity contribution < 1.29 is 0 Å². The van der Waals surface area contributed by atoms with E-state index >= 15 is 0 Å². The molecule has 3 heteroatoms. The lowest BCUT2D eigenvalue weighted by Gasteiger charge is -2.12. The van der Waals surface area contributed by atoms with E-state index in [4.69, 9.17) is 4.98 Å². The number of benzene rings is 4. The number of hydrogen-bond acceptors (Lipinski definition) is 3. The zero-order chi connectivity index (χ0) is 20.4. The van der Waals surface area contributed by atoms with Crippen molar-refractivity contribution >= 4 is 53.2 Å². The van der Waals surface area contributed by atoms with Gasteiger partial charge < -0.3 is 0 Å². The number of aromatic nitrogens is 2. The maximum Gasteiger partial charge on any atom is 0.128 e. The van der Waals surface area contributed by atoms with Gasteiger partial charge in [-0.2, -0.15) is 0 Å². The van der Waals surface area contributed by atoms with Gasteiger partial charge in [0.15, 0.2) is 0 Å². The Morgan fingerprint density at radius 2 is 1.53 bits per heavy atom. The van der Waals surface area contributed by atoms with E-state index in [1.54, 1.807) is 17.7 Å². The Balaban J connectivity index is 1.76. The van der Waals surface area contributed by atoms with Gasteiger partial charge in [0.05, 0.1) is 5.69 Å². The van der Waals surface area contributed by atoms with Crippen molar-refractivity contribution in [2.45, 2.75) is 20.8 Å². The molecule has 0 N–H and O–H groups in total. The summed E-state index contributed by atoms with van der Waals surface area (Å²) >= 11 is 1.75. The maximum atomic E-state index is 4.79. The highest BCUT2D eigenvalue weighted by atomic mass is 32.1. The van der Waals surface area contributed by atoms with Crippen molar-refractivity contribution in [3.8, 4) is 11.3 Å². The van der Waals surface area contributed by atoms with Gasteiger partial charge in [0.25, 0.3) is 0 Å². The summed E-state index contributed by atoms with van der Waals surface area (Å²) < 4.78 is 1.26. The molecule has 0 bridgehead atoms. The summed E-state index contributed by atoms with van der Waals surface area (Å²) in [6.07, 6.45) is 1.70. The Morgan fingerprint density at radius 1 is 0.700 bits per heavy atom. The number of hydrogen-bond donors (Lipinski definition) is 0. The highest BCUT2D eigenvalue weighted by Crippen LogP contribution is 2.42. The fourth-order valence-corrected chi connectivity index (χ4v) is 5.95. The lowest BCUT2D eigenvalue weighted by Crippen LogP contribution is -1.91. The van der Waals surface area contributed by atoms with Gasteiger partial charge in [0, 0.05) is 21.0 Å². The van der Waals surface area contributed by atoms with Crippen molar-refractivity contribution in [1.82, 2.24) is 9.97 Å². The summed E-state index contributed by atoms with van der Waals surface area (Å²) in [5.74, 6) is 0. The number of nitrogens with zero attached hydrogens (tertiary/aromatic N) is 2. The van der Waals surface area contributed by atoms with Crippen LogP contribution in [0.25, 0.3) is 53.1 Å². The number of fused-ring (bicyclic) bond motifs is 6. The molecule has 2 aromatic heterocycles.